The summed E-state index contributed by atoms with van der Waals surface area (Å²) >= 11 is 1.29. The van der Waals surface area contributed by atoms with Gasteiger partial charge in [0, 0.05) is 42.6 Å². The molecule has 7 nitrogen and oxygen atoms in total. The van der Waals surface area contributed by atoms with Crippen LogP contribution in [-0.2, 0) is 6.54 Å². The first-order valence-electron chi connectivity index (χ1n) is 8.99. The van der Waals surface area contributed by atoms with Crippen LogP contribution < -0.4 is 5.32 Å². The lowest BCUT2D eigenvalue weighted by Gasteiger charge is -2.09. The molecule has 0 aliphatic rings. The van der Waals surface area contributed by atoms with Gasteiger partial charge in [-0.1, -0.05) is 6.07 Å². The topological polar surface area (TPSA) is 93.6 Å². The largest absolute Gasteiger partial charge is 0.347 e. The SMILES string of the molecule is Cc1cc(-c2ncc(CNC(=O)c3cnc(-c4cnccn4)s3)cc2C)ccn1. The maximum Gasteiger partial charge on any atom is 0.263 e. The summed E-state index contributed by atoms with van der Waals surface area (Å²) in [6.07, 6.45) is 9.95. The molecule has 4 heterocycles. The van der Waals surface area contributed by atoms with E-state index in [-0.39, 0.29) is 5.91 Å². The van der Waals surface area contributed by atoms with E-state index in [1.807, 2.05) is 32.0 Å². The van der Waals surface area contributed by atoms with Crippen LogP contribution in [0.15, 0.2) is 55.4 Å². The van der Waals surface area contributed by atoms with Crippen molar-refractivity contribution >= 4 is 17.2 Å². The van der Waals surface area contributed by atoms with Crippen molar-refractivity contribution in [3.05, 3.63) is 77.1 Å². The second-order valence-electron chi connectivity index (χ2n) is 6.50. The summed E-state index contributed by atoms with van der Waals surface area (Å²) in [6, 6.07) is 5.99. The fraction of sp³-hybridized carbons (Fsp3) is 0.143. The van der Waals surface area contributed by atoms with Crippen LogP contribution in [0, 0.1) is 13.8 Å². The minimum atomic E-state index is -0.177. The molecule has 0 saturated carbocycles. The molecule has 0 radical (unpaired) electrons. The van der Waals surface area contributed by atoms with Gasteiger partial charge in [-0.2, -0.15) is 0 Å². The third kappa shape index (κ3) is 4.33. The van der Waals surface area contributed by atoms with Crippen molar-refractivity contribution < 1.29 is 4.79 Å². The van der Waals surface area contributed by atoms with Gasteiger partial charge in [-0.3, -0.25) is 24.7 Å². The first-order chi connectivity index (χ1) is 14.1. The van der Waals surface area contributed by atoms with Gasteiger partial charge in [-0.15, -0.1) is 11.3 Å². The molecule has 1 N–H and O–H groups in total. The monoisotopic (exact) mass is 402 g/mol. The number of aromatic nitrogens is 5. The summed E-state index contributed by atoms with van der Waals surface area (Å²) in [7, 11) is 0. The number of carbonyl (C=O) groups excluding carboxylic acids is 1. The third-order valence-corrected chi connectivity index (χ3v) is 5.29. The minimum absolute atomic E-state index is 0.177. The lowest BCUT2D eigenvalue weighted by atomic mass is 10.1. The fourth-order valence-electron chi connectivity index (χ4n) is 2.90. The second kappa shape index (κ2) is 8.24. The van der Waals surface area contributed by atoms with Crippen LogP contribution in [0.1, 0.15) is 26.5 Å². The molecule has 0 fully saturated rings. The molecule has 0 unspecified atom stereocenters. The molecule has 4 aromatic heterocycles. The Bertz CT molecular complexity index is 1160. The van der Waals surface area contributed by atoms with Gasteiger partial charge in [0.15, 0.2) is 0 Å². The number of amides is 1. The van der Waals surface area contributed by atoms with Crippen molar-refractivity contribution in [1.29, 1.82) is 0 Å². The van der Waals surface area contributed by atoms with Crippen LogP contribution >= 0.6 is 11.3 Å². The molecule has 4 rings (SSSR count). The number of thiazole rings is 1. The number of carbonyl (C=O) groups is 1. The van der Waals surface area contributed by atoms with Gasteiger partial charge in [0.25, 0.3) is 5.91 Å². The normalized spacial score (nSPS) is 10.7. The summed E-state index contributed by atoms with van der Waals surface area (Å²) in [5.74, 6) is -0.177. The first kappa shape index (κ1) is 18.8. The van der Waals surface area contributed by atoms with Gasteiger partial charge in [0.2, 0.25) is 0 Å². The molecular formula is C21H18N6OS. The predicted octanol–water partition coefficient (Wildman–Crippen LogP) is 3.60. The Morgan fingerprint density at radius 1 is 1.00 bits per heavy atom. The summed E-state index contributed by atoms with van der Waals surface area (Å²) in [5.41, 5.74) is 5.53. The van der Waals surface area contributed by atoms with Crippen LogP contribution in [0.4, 0.5) is 0 Å². The highest BCUT2D eigenvalue weighted by Gasteiger charge is 2.13. The van der Waals surface area contributed by atoms with Crippen LogP contribution in [0.25, 0.3) is 22.0 Å². The number of nitrogens with zero attached hydrogens (tertiary/aromatic N) is 5. The Balaban J connectivity index is 1.43. The molecule has 8 heteroatoms. The lowest BCUT2D eigenvalue weighted by molar-refractivity contribution is 0.0954. The summed E-state index contributed by atoms with van der Waals surface area (Å²) < 4.78 is 0. The smallest absolute Gasteiger partial charge is 0.263 e. The number of nitrogens with one attached hydrogen (secondary N) is 1. The summed E-state index contributed by atoms with van der Waals surface area (Å²) in [4.78, 5) is 34.3. The van der Waals surface area contributed by atoms with E-state index in [0.717, 1.165) is 28.1 Å². The predicted molar refractivity (Wildman–Crippen MR) is 111 cm³/mol. The van der Waals surface area contributed by atoms with Gasteiger partial charge in [-0.25, -0.2) is 4.98 Å². The Morgan fingerprint density at radius 3 is 2.66 bits per heavy atom. The molecule has 0 bridgehead atoms. The van der Waals surface area contributed by atoms with Crippen molar-refractivity contribution in [2.45, 2.75) is 20.4 Å². The van der Waals surface area contributed by atoms with E-state index in [2.05, 4.69) is 30.2 Å². The van der Waals surface area contributed by atoms with Crippen molar-refractivity contribution in [1.82, 2.24) is 30.2 Å². The number of hydrogen-bond acceptors (Lipinski definition) is 7. The summed E-state index contributed by atoms with van der Waals surface area (Å²) in [5, 5.41) is 3.59. The molecule has 144 valence electrons. The standard InChI is InChI=1S/C21H18N6OS/c1-13-7-15(9-25-19(13)16-3-4-23-14(2)8-16)10-26-20(28)18-12-27-21(29-18)17-11-22-5-6-24-17/h3-9,11-12H,10H2,1-2H3,(H,26,28). The molecule has 29 heavy (non-hydrogen) atoms. The molecule has 1 amide bonds. The van der Waals surface area contributed by atoms with Crippen LogP contribution in [0.2, 0.25) is 0 Å². The van der Waals surface area contributed by atoms with E-state index >= 15 is 0 Å². The van der Waals surface area contributed by atoms with E-state index in [4.69, 9.17) is 0 Å². The van der Waals surface area contributed by atoms with E-state index in [9.17, 15) is 4.79 Å². The Kier molecular flexibility index (Phi) is 5.35. The highest BCUT2D eigenvalue weighted by molar-refractivity contribution is 7.16. The third-order valence-electron chi connectivity index (χ3n) is 4.27. The zero-order chi connectivity index (χ0) is 20.2. The highest BCUT2D eigenvalue weighted by atomic mass is 32.1. The molecule has 0 aliphatic heterocycles. The number of aryl methyl sites for hydroxylation is 2. The van der Waals surface area contributed by atoms with Crippen molar-refractivity contribution in [3.8, 4) is 22.0 Å². The maximum atomic E-state index is 12.5. The number of pyridine rings is 2. The molecule has 0 atom stereocenters. The highest BCUT2D eigenvalue weighted by Crippen LogP contribution is 2.23. The Labute approximate surface area is 172 Å². The lowest BCUT2D eigenvalue weighted by Crippen LogP contribution is -2.22. The van der Waals surface area contributed by atoms with Gasteiger partial charge >= 0.3 is 0 Å². The van der Waals surface area contributed by atoms with Crippen LogP contribution in [0.3, 0.4) is 0 Å². The zero-order valence-electron chi connectivity index (χ0n) is 16.0. The number of hydrogen-bond donors (Lipinski definition) is 1. The zero-order valence-corrected chi connectivity index (χ0v) is 16.8. The van der Waals surface area contributed by atoms with Crippen molar-refractivity contribution in [3.63, 3.8) is 0 Å². The Hall–Kier alpha value is -3.52. The van der Waals surface area contributed by atoms with E-state index in [1.165, 1.54) is 11.3 Å². The maximum absolute atomic E-state index is 12.5. The molecule has 0 spiro atoms. The van der Waals surface area contributed by atoms with Crippen LogP contribution in [-0.4, -0.2) is 30.8 Å². The average Bonchev–Trinajstić information content (AvgIpc) is 3.23. The van der Waals surface area contributed by atoms with E-state index in [0.29, 0.717) is 22.1 Å². The van der Waals surface area contributed by atoms with Crippen molar-refractivity contribution in [2.75, 3.05) is 0 Å². The molecule has 0 aromatic carbocycles. The van der Waals surface area contributed by atoms with Gasteiger partial charge in [-0.05, 0) is 37.1 Å². The van der Waals surface area contributed by atoms with Crippen LogP contribution in [0.5, 0.6) is 0 Å². The van der Waals surface area contributed by atoms with E-state index < -0.39 is 0 Å². The van der Waals surface area contributed by atoms with Gasteiger partial charge in [0.05, 0.1) is 18.1 Å². The quantitative estimate of drug-likeness (QED) is 0.548. The fourth-order valence-corrected chi connectivity index (χ4v) is 3.70. The van der Waals surface area contributed by atoms with E-state index in [1.54, 1.807) is 37.2 Å². The average molecular weight is 402 g/mol. The molecule has 0 saturated heterocycles. The molecule has 4 aromatic rings. The van der Waals surface area contributed by atoms with Gasteiger partial charge < -0.3 is 5.32 Å². The van der Waals surface area contributed by atoms with Gasteiger partial charge in [0.1, 0.15) is 15.6 Å². The second-order valence-corrected chi connectivity index (χ2v) is 7.53. The summed E-state index contributed by atoms with van der Waals surface area (Å²) in [6.45, 7) is 4.36. The number of rotatable bonds is 5. The Morgan fingerprint density at radius 2 is 1.90 bits per heavy atom. The van der Waals surface area contributed by atoms with Crippen molar-refractivity contribution in [2.24, 2.45) is 0 Å². The first-order valence-corrected chi connectivity index (χ1v) is 9.81. The molecule has 0 aliphatic carbocycles. The minimum Gasteiger partial charge on any atom is -0.347 e. The molecular weight excluding hydrogens is 384 g/mol.